The Kier molecular flexibility index (Phi) is 8.15. The molecular formula is C13H28N2O3. The van der Waals surface area contributed by atoms with Gasteiger partial charge in [-0.2, -0.15) is 0 Å². The van der Waals surface area contributed by atoms with Crippen LogP contribution in [0.3, 0.4) is 0 Å². The van der Waals surface area contributed by atoms with Crippen LogP contribution in [0.2, 0.25) is 0 Å². The second-order valence-corrected chi connectivity index (χ2v) is 5.32. The van der Waals surface area contributed by atoms with E-state index in [9.17, 15) is 4.79 Å². The molecule has 1 unspecified atom stereocenters. The summed E-state index contributed by atoms with van der Waals surface area (Å²) in [5, 5.41) is 2.79. The van der Waals surface area contributed by atoms with Gasteiger partial charge in [-0.1, -0.05) is 20.8 Å². The molecule has 1 amide bonds. The first-order chi connectivity index (χ1) is 8.31. The number of nitrogens with two attached hydrogens (primary N) is 1. The normalized spacial score (nSPS) is 13.7. The maximum Gasteiger partial charge on any atom is 0.221 e. The molecule has 0 fully saturated rings. The Balaban J connectivity index is 4.00. The minimum Gasteiger partial charge on any atom is -0.351 e. The fraction of sp³-hybridized carbons (Fsp3) is 0.923. The Bertz CT molecular complexity index is 233. The van der Waals surface area contributed by atoms with E-state index < -0.39 is 0 Å². The molecule has 0 radical (unpaired) electrons. The van der Waals surface area contributed by atoms with E-state index in [1.54, 1.807) is 0 Å². The Morgan fingerprint density at radius 1 is 1.22 bits per heavy atom. The zero-order valence-electron chi connectivity index (χ0n) is 12.3. The summed E-state index contributed by atoms with van der Waals surface area (Å²) in [6.45, 7) is 11.3. The molecular weight excluding hydrogens is 232 g/mol. The smallest absolute Gasteiger partial charge is 0.221 e. The zero-order chi connectivity index (χ0) is 14.2. The van der Waals surface area contributed by atoms with Crippen molar-refractivity contribution in [3.63, 3.8) is 0 Å². The number of amides is 1. The molecule has 0 aliphatic heterocycles. The van der Waals surface area contributed by atoms with Gasteiger partial charge in [-0.25, -0.2) is 0 Å². The summed E-state index contributed by atoms with van der Waals surface area (Å²) in [5.74, 6) is -0.0677. The van der Waals surface area contributed by atoms with Gasteiger partial charge in [0.25, 0.3) is 0 Å². The summed E-state index contributed by atoms with van der Waals surface area (Å²) >= 11 is 0. The number of carbonyl (C=O) groups is 1. The highest BCUT2D eigenvalue weighted by Gasteiger charge is 2.23. The lowest BCUT2D eigenvalue weighted by Gasteiger charge is -2.26. The predicted molar refractivity (Wildman–Crippen MR) is 72.1 cm³/mol. The van der Waals surface area contributed by atoms with Crippen LogP contribution >= 0.6 is 0 Å². The summed E-state index contributed by atoms with van der Waals surface area (Å²) in [6.07, 6.45) is -0.0658. The summed E-state index contributed by atoms with van der Waals surface area (Å²) in [7, 11) is 0. The van der Waals surface area contributed by atoms with E-state index in [-0.39, 0.29) is 23.7 Å². The third-order valence-corrected chi connectivity index (χ3v) is 2.69. The van der Waals surface area contributed by atoms with Crippen LogP contribution in [0.15, 0.2) is 0 Å². The average Bonchev–Trinajstić information content (AvgIpc) is 2.25. The molecule has 0 bridgehead atoms. The number of nitrogens with one attached hydrogen (secondary N) is 1. The van der Waals surface area contributed by atoms with Gasteiger partial charge in [0.15, 0.2) is 6.29 Å². The molecule has 0 rings (SSSR count). The number of rotatable bonds is 8. The van der Waals surface area contributed by atoms with E-state index in [1.807, 2.05) is 34.6 Å². The second-order valence-electron chi connectivity index (χ2n) is 5.32. The molecule has 18 heavy (non-hydrogen) atoms. The molecule has 0 aliphatic rings. The van der Waals surface area contributed by atoms with Crippen molar-refractivity contribution in [3.05, 3.63) is 0 Å². The van der Waals surface area contributed by atoms with E-state index in [1.165, 1.54) is 0 Å². The van der Waals surface area contributed by atoms with E-state index in [4.69, 9.17) is 15.2 Å². The van der Waals surface area contributed by atoms with Crippen LogP contribution in [-0.4, -0.2) is 38.0 Å². The number of carbonyl (C=O) groups excluding carboxylic acids is 1. The van der Waals surface area contributed by atoms with Gasteiger partial charge < -0.3 is 20.5 Å². The first kappa shape index (κ1) is 17.4. The van der Waals surface area contributed by atoms with Crippen LogP contribution in [0.25, 0.3) is 0 Å². The Morgan fingerprint density at radius 3 is 2.11 bits per heavy atom. The van der Waals surface area contributed by atoms with Crippen molar-refractivity contribution >= 4 is 5.91 Å². The molecule has 0 heterocycles. The van der Waals surface area contributed by atoms with Gasteiger partial charge in [0.1, 0.15) is 0 Å². The molecule has 0 aromatic rings. The van der Waals surface area contributed by atoms with Crippen LogP contribution in [0.5, 0.6) is 0 Å². The van der Waals surface area contributed by atoms with Crippen LogP contribution in [0.4, 0.5) is 0 Å². The highest BCUT2D eigenvalue weighted by Crippen LogP contribution is 2.19. The monoisotopic (exact) mass is 260 g/mol. The fourth-order valence-electron chi connectivity index (χ4n) is 1.31. The van der Waals surface area contributed by atoms with Crippen molar-refractivity contribution in [1.82, 2.24) is 5.32 Å². The maximum absolute atomic E-state index is 11.7. The van der Waals surface area contributed by atoms with E-state index in [2.05, 4.69) is 5.32 Å². The molecule has 0 aliphatic carbocycles. The Labute approximate surface area is 110 Å². The van der Waals surface area contributed by atoms with E-state index in [0.29, 0.717) is 26.2 Å². The average molecular weight is 260 g/mol. The highest BCUT2D eigenvalue weighted by atomic mass is 16.7. The zero-order valence-corrected chi connectivity index (χ0v) is 12.3. The van der Waals surface area contributed by atoms with Gasteiger partial charge in [-0.15, -0.1) is 0 Å². The summed E-state index contributed by atoms with van der Waals surface area (Å²) in [4.78, 5) is 11.7. The van der Waals surface area contributed by atoms with Crippen molar-refractivity contribution < 1.29 is 14.3 Å². The molecule has 0 spiro atoms. The molecule has 0 saturated carbocycles. The predicted octanol–water partition coefficient (Wildman–Crippen LogP) is 1.27. The van der Waals surface area contributed by atoms with E-state index in [0.717, 1.165) is 0 Å². The molecule has 0 aromatic carbocycles. The molecule has 0 aromatic heterocycles. The Morgan fingerprint density at radius 2 is 1.72 bits per heavy atom. The van der Waals surface area contributed by atoms with Gasteiger partial charge in [0, 0.05) is 25.7 Å². The molecule has 0 saturated heterocycles. The highest BCUT2D eigenvalue weighted by molar-refractivity contribution is 5.76. The number of hydrogen-bond acceptors (Lipinski definition) is 4. The second kappa shape index (κ2) is 8.45. The van der Waals surface area contributed by atoms with Gasteiger partial charge in [-0.3, -0.25) is 4.79 Å². The lowest BCUT2D eigenvalue weighted by Crippen LogP contribution is -2.42. The van der Waals surface area contributed by atoms with Crippen LogP contribution in [-0.2, 0) is 14.3 Å². The maximum atomic E-state index is 11.7. The van der Waals surface area contributed by atoms with Gasteiger partial charge >= 0.3 is 0 Å². The van der Waals surface area contributed by atoms with Crippen molar-refractivity contribution in [2.24, 2.45) is 11.1 Å². The molecule has 1 atom stereocenters. The first-order valence-electron chi connectivity index (χ1n) is 6.56. The van der Waals surface area contributed by atoms with E-state index >= 15 is 0 Å². The summed E-state index contributed by atoms with van der Waals surface area (Å²) in [5.41, 5.74) is 5.88. The molecule has 5 heteroatoms. The molecule has 5 nitrogen and oxygen atoms in total. The molecule has 3 N–H and O–H groups in total. The lowest BCUT2D eigenvalue weighted by molar-refractivity contribution is -0.140. The number of hydrogen-bond donors (Lipinski definition) is 2. The first-order valence-corrected chi connectivity index (χ1v) is 6.56. The Hall–Kier alpha value is -0.650. The van der Waals surface area contributed by atoms with Crippen molar-refractivity contribution in [2.45, 2.75) is 53.4 Å². The lowest BCUT2D eigenvalue weighted by atomic mass is 9.85. The van der Waals surface area contributed by atoms with Crippen LogP contribution in [0, 0.1) is 5.41 Å². The largest absolute Gasteiger partial charge is 0.351 e. The van der Waals surface area contributed by atoms with Crippen LogP contribution < -0.4 is 11.1 Å². The summed E-state index contributed by atoms with van der Waals surface area (Å²) in [6, 6.07) is -0.157. The quantitative estimate of drug-likeness (QED) is 0.644. The fourth-order valence-corrected chi connectivity index (χ4v) is 1.31. The third-order valence-electron chi connectivity index (χ3n) is 2.69. The SMILES string of the molecule is CCOC(CNC(=O)CC(N)C(C)(C)C)OCC. The summed E-state index contributed by atoms with van der Waals surface area (Å²) < 4.78 is 10.7. The minimum absolute atomic E-state index is 0.0677. The molecule has 108 valence electrons. The standard InChI is InChI=1S/C13H28N2O3/c1-6-17-12(18-7-2)9-15-11(16)8-10(14)13(3,4)5/h10,12H,6-9,14H2,1-5H3,(H,15,16). The number of ether oxygens (including phenoxy) is 2. The van der Waals surface area contributed by atoms with Crippen molar-refractivity contribution in [2.75, 3.05) is 19.8 Å². The van der Waals surface area contributed by atoms with Crippen LogP contribution in [0.1, 0.15) is 41.0 Å². The van der Waals surface area contributed by atoms with Crippen molar-refractivity contribution in [1.29, 1.82) is 0 Å². The minimum atomic E-state index is -0.380. The third kappa shape index (κ3) is 7.63. The van der Waals surface area contributed by atoms with Gasteiger partial charge in [0.2, 0.25) is 5.91 Å². The van der Waals surface area contributed by atoms with Gasteiger partial charge in [-0.05, 0) is 19.3 Å². The topological polar surface area (TPSA) is 73.6 Å². The van der Waals surface area contributed by atoms with Crippen molar-refractivity contribution in [3.8, 4) is 0 Å². The van der Waals surface area contributed by atoms with Gasteiger partial charge in [0.05, 0.1) is 6.54 Å².